The molecular formula is C24H23N3O7. The van der Waals surface area contributed by atoms with Gasteiger partial charge >= 0.3 is 5.69 Å². The molecule has 0 heterocycles. The largest absolute Gasteiger partial charge is 0.494 e. The molecule has 10 nitrogen and oxygen atoms in total. The van der Waals surface area contributed by atoms with Crippen molar-refractivity contribution in [3.8, 4) is 17.2 Å². The van der Waals surface area contributed by atoms with Crippen molar-refractivity contribution in [1.82, 2.24) is 0 Å². The van der Waals surface area contributed by atoms with Crippen molar-refractivity contribution >= 4 is 28.9 Å². The Hall–Kier alpha value is -4.60. The second-order valence-electron chi connectivity index (χ2n) is 7.14. The molecule has 0 saturated carbocycles. The van der Waals surface area contributed by atoms with Crippen LogP contribution in [0.5, 0.6) is 17.2 Å². The van der Waals surface area contributed by atoms with Crippen LogP contribution in [0.15, 0.2) is 60.7 Å². The van der Waals surface area contributed by atoms with Crippen molar-refractivity contribution in [2.24, 2.45) is 0 Å². The number of carbonyl (C=O) groups excluding carboxylic acids is 2. The van der Waals surface area contributed by atoms with Gasteiger partial charge in [0.1, 0.15) is 11.5 Å². The lowest BCUT2D eigenvalue weighted by Gasteiger charge is -2.16. The number of hydrogen-bond acceptors (Lipinski definition) is 7. The number of rotatable bonds is 9. The predicted octanol–water partition coefficient (Wildman–Crippen LogP) is 4.19. The van der Waals surface area contributed by atoms with Gasteiger partial charge in [-0.25, -0.2) is 0 Å². The summed E-state index contributed by atoms with van der Waals surface area (Å²) in [6.45, 7) is 1.29. The van der Waals surface area contributed by atoms with Gasteiger partial charge in [0.05, 0.1) is 30.5 Å². The minimum atomic E-state index is -0.580. The minimum Gasteiger partial charge on any atom is -0.494 e. The molecule has 0 aliphatic rings. The monoisotopic (exact) mass is 465 g/mol. The summed E-state index contributed by atoms with van der Waals surface area (Å²) in [7, 11) is 2.83. The summed E-state index contributed by atoms with van der Waals surface area (Å²) >= 11 is 0. The zero-order valence-corrected chi connectivity index (χ0v) is 18.8. The van der Waals surface area contributed by atoms with Crippen LogP contribution >= 0.6 is 0 Å². The van der Waals surface area contributed by atoms with Crippen LogP contribution in [-0.4, -0.2) is 37.6 Å². The summed E-state index contributed by atoms with van der Waals surface area (Å²) in [4.78, 5) is 35.6. The van der Waals surface area contributed by atoms with E-state index in [1.807, 2.05) is 0 Å². The third-order valence-corrected chi connectivity index (χ3v) is 4.75. The van der Waals surface area contributed by atoms with Crippen molar-refractivity contribution < 1.29 is 28.7 Å². The standard InChI is InChI=1S/C24H23N3O7/c1-15-9-10-19(27(30)31)22(11-15)34-14-23(28)25-17-12-21(33-3)18(13-20(17)32-2)26-24(29)16-7-5-4-6-8-16/h4-13H,14H2,1-3H3,(H,25,28)(H,26,29). The fraction of sp³-hybridized carbons (Fsp3) is 0.167. The summed E-state index contributed by atoms with van der Waals surface area (Å²) in [5, 5.41) is 16.6. The Bertz CT molecular complexity index is 1210. The molecule has 0 unspecified atom stereocenters. The van der Waals surface area contributed by atoms with Crippen LogP contribution in [0.4, 0.5) is 17.1 Å². The third kappa shape index (κ3) is 5.80. The number of anilines is 2. The number of benzene rings is 3. The highest BCUT2D eigenvalue weighted by molar-refractivity contribution is 6.05. The van der Waals surface area contributed by atoms with E-state index in [4.69, 9.17) is 14.2 Å². The number of nitro benzene ring substituents is 1. The molecule has 2 amide bonds. The Labute approximate surface area is 195 Å². The fourth-order valence-corrected chi connectivity index (χ4v) is 3.09. The maximum absolute atomic E-state index is 12.5. The number of amides is 2. The number of nitro groups is 1. The quantitative estimate of drug-likeness (QED) is 0.358. The van der Waals surface area contributed by atoms with Gasteiger partial charge in [0, 0.05) is 23.8 Å². The zero-order valence-electron chi connectivity index (χ0n) is 18.8. The van der Waals surface area contributed by atoms with E-state index in [-0.39, 0.29) is 34.5 Å². The molecule has 10 heteroatoms. The molecule has 3 aromatic rings. The highest BCUT2D eigenvalue weighted by Gasteiger charge is 2.19. The van der Waals surface area contributed by atoms with Crippen molar-refractivity contribution in [3.63, 3.8) is 0 Å². The van der Waals surface area contributed by atoms with E-state index in [9.17, 15) is 19.7 Å². The van der Waals surface area contributed by atoms with E-state index >= 15 is 0 Å². The van der Waals surface area contributed by atoms with Crippen LogP contribution in [0, 0.1) is 17.0 Å². The molecule has 0 atom stereocenters. The molecule has 0 fully saturated rings. The summed E-state index contributed by atoms with van der Waals surface area (Å²) in [5.41, 5.74) is 1.59. The molecule has 2 N–H and O–H groups in total. The SMILES string of the molecule is COc1cc(NC(=O)c2ccccc2)c(OC)cc1NC(=O)COc1cc(C)ccc1[N+](=O)[O-]. The van der Waals surface area contributed by atoms with Crippen LogP contribution in [0.3, 0.4) is 0 Å². The Kier molecular flexibility index (Phi) is 7.65. The molecule has 176 valence electrons. The van der Waals surface area contributed by atoms with Gasteiger partial charge in [-0.15, -0.1) is 0 Å². The van der Waals surface area contributed by atoms with E-state index in [0.29, 0.717) is 11.3 Å². The fourth-order valence-electron chi connectivity index (χ4n) is 3.09. The average Bonchev–Trinajstić information content (AvgIpc) is 2.83. The van der Waals surface area contributed by atoms with Gasteiger partial charge in [-0.05, 0) is 30.7 Å². The summed E-state index contributed by atoms with van der Waals surface area (Å²) in [6.07, 6.45) is 0. The topological polar surface area (TPSA) is 129 Å². The number of ether oxygens (including phenoxy) is 3. The van der Waals surface area contributed by atoms with Crippen LogP contribution in [0.25, 0.3) is 0 Å². The first-order chi connectivity index (χ1) is 16.3. The van der Waals surface area contributed by atoms with Gasteiger partial charge in [0.15, 0.2) is 12.4 Å². The minimum absolute atomic E-state index is 0.0105. The first-order valence-electron chi connectivity index (χ1n) is 10.1. The van der Waals surface area contributed by atoms with Crippen LogP contribution < -0.4 is 24.8 Å². The third-order valence-electron chi connectivity index (χ3n) is 4.75. The molecule has 0 aliphatic carbocycles. The maximum atomic E-state index is 12.5. The zero-order chi connectivity index (χ0) is 24.7. The molecule has 3 rings (SSSR count). The molecule has 0 aliphatic heterocycles. The van der Waals surface area contributed by atoms with Crippen LogP contribution in [0.1, 0.15) is 15.9 Å². The van der Waals surface area contributed by atoms with Crippen molar-refractivity contribution in [2.45, 2.75) is 6.92 Å². The Balaban J connectivity index is 1.75. The summed E-state index contributed by atoms with van der Waals surface area (Å²) < 4.78 is 16.1. The molecule has 0 bridgehead atoms. The van der Waals surface area contributed by atoms with Crippen LogP contribution in [0.2, 0.25) is 0 Å². The van der Waals surface area contributed by atoms with Gasteiger partial charge < -0.3 is 24.8 Å². The van der Waals surface area contributed by atoms with Crippen LogP contribution in [-0.2, 0) is 4.79 Å². The maximum Gasteiger partial charge on any atom is 0.310 e. The number of hydrogen-bond donors (Lipinski definition) is 2. The van der Waals surface area contributed by atoms with Gasteiger partial charge in [-0.3, -0.25) is 19.7 Å². The van der Waals surface area contributed by atoms with Gasteiger partial charge in [-0.2, -0.15) is 0 Å². The molecular weight excluding hydrogens is 442 g/mol. The highest BCUT2D eigenvalue weighted by Crippen LogP contribution is 2.37. The van der Waals surface area contributed by atoms with Crippen molar-refractivity contribution in [1.29, 1.82) is 0 Å². The molecule has 3 aromatic carbocycles. The lowest BCUT2D eigenvalue weighted by atomic mass is 10.2. The number of nitrogens with zero attached hydrogens (tertiary/aromatic N) is 1. The number of methoxy groups -OCH3 is 2. The predicted molar refractivity (Wildman–Crippen MR) is 126 cm³/mol. The Morgan fingerprint density at radius 1 is 0.882 bits per heavy atom. The lowest BCUT2D eigenvalue weighted by Crippen LogP contribution is -2.21. The molecule has 0 spiro atoms. The molecule has 0 radical (unpaired) electrons. The number of nitrogens with one attached hydrogen (secondary N) is 2. The summed E-state index contributed by atoms with van der Waals surface area (Å²) in [6, 6.07) is 16.0. The van der Waals surface area contributed by atoms with E-state index < -0.39 is 17.4 Å². The number of aryl methyl sites for hydroxylation is 1. The summed E-state index contributed by atoms with van der Waals surface area (Å²) in [5.74, 6) is -0.374. The highest BCUT2D eigenvalue weighted by atomic mass is 16.6. The molecule has 34 heavy (non-hydrogen) atoms. The smallest absolute Gasteiger partial charge is 0.310 e. The second-order valence-corrected chi connectivity index (χ2v) is 7.14. The van der Waals surface area contributed by atoms with Crippen molar-refractivity contribution in [2.75, 3.05) is 31.5 Å². The molecule has 0 saturated heterocycles. The lowest BCUT2D eigenvalue weighted by molar-refractivity contribution is -0.385. The first-order valence-corrected chi connectivity index (χ1v) is 10.1. The second kappa shape index (κ2) is 10.8. The van der Waals surface area contributed by atoms with E-state index in [0.717, 1.165) is 5.56 Å². The van der Waals surface area contributed by atoms with Gasteiger partial charge in [0.2, 0.25) is 0 Å². The number of carbonyl (C=O) groups is 2. The average molecular weight is 465 g/mol. The normalized spacial score (nSPS) is 10.2. The Morgan fingerprint density at radius 3 is 2.09 bits per heavy atom. The van der Waals surface area contributed by atoms with E-state index in [1.54, 1.807) is 43.3 Å². The van der Waals surface area contributed by atoms with Gasteiger partial charge in [0.25, 0.3) is 11.8 Å². The van der Waals surface area contributed by atoms with E-state index in [1.165, 1.54) is 38.5 Å². The van der Waals surface area contributed by atoms with E-state index in [2.05, 4.69) is 10.6 Å². The van der Waals surface area contributed by atoms with Crippen molar-refractivity contribution in [3.05, 3.63) is 81.9 Å². The first kappa shape index (κ1) is 24.1. The Morgan fingerprint density at radius 2 is 1.50 bits per heavy atom. The molecule has 0 aromatic heterocycles. The van der Waals surface area contributed by atoms with Gasteiger partial charge in [-0.1, -0.05) is 24.3 Å².